The van der Waals surface area contributed by atoms with Crippen LogP contribution in [0.1, 0.15) is 11.1 Å². The summed E-state index contributed by atoms with van der Waals surface area (Å²) in [6.45, 7) is 0. The van der Waals surface area contributed by atoms with Crippen molar-refractivity contribution in [2.24, 2.45) is 0 Å². The lowest BCUT2D eigenvalue weighted by atomic mass is 10.0. The van der Waals surface area contributed by atoms with Gasteiger partial charge in [-0.2, -0.15) is 26.3 Å². The van der Waals surface area contributed by atoms with Gasteiger partial charge in [-0.3, -0.25) is 0 Å². The molecule has 0 saturated carbocycles. The number of phenols is 1. The van der Waals surface area contributed by atoms with E-state index in [1.807, 2.05) is 0 Å². The van der Waals surface area contributed by atoms with Gasteiger partial charge in [-0.05, 0) is 18.2 Å². The van der Waals surface area contributed by atoms with Crippen molar-refractivity contribution in [3.05, 3.63) is 39.9 Å². The van der Waals surface area contributed by atoms with Crippen LogP contribution in [0.4, 0.5) is 26.3 Å². The van der Waals surface area contributed by atoms with Crippen LogP contribution in [0.5, 0.6) is 5.75 Å². The molecule has 3 rings (SSSR count). The van der Waals surface area contributed by atoms with E-state index in [4.69, 9.17) is 0 Å². The zero-order valence-electron chi connectivity index (χ0n) is 10.8. The zero-order valence-corrected chi connectivity index (χ0v) is 13.2. The summed E-state index contributed by atoms with van der Waals surface area (Å²) in [5, 5.41) is 9.68. The van der Waals surface area contributed by atoms with Gasteiger partial charge in [0.15, 0.2) is 0 Å². The second kappa shape index (κ2) is 5.01. The molecule has 1 aromatic heterocycles. The number of rotatable bonds is 0. The van der Waals surface area contributed by atoms with Gasteiger partial charge in [-0.1, -0.05) is 22.0 Å². The summed E-state index contributed by atoms with van der Waals surface area (Å²) in [5.41, 5.74) is -3.35. The van der Waals surface area contributed by atoms with Gasteiger partial charge in [0, 0.05) is 19.9 Å². The largest absolute Gasteiger partial charge is 0.507 e. The Morgan fingerprint density at radius 1 is 0.913 bits per heavy atom. The smallest absolute Gasteiger partial charge is 0.421 e. The highest BCUT2D eigenvalue weighted by Crippen LogP contribution is 2.51. The fraction of sp³-hybridized carbons (Fsp3) is 0.143. The number of aromatic hydroxyl groups is 1. The molecule has 1 nitrogen and oxygen atoms in total. The average Bonchev–Trinajstić information content (AvgIpc) is 2.71. The number of hydrogen-bond donors (Lipinski definition) is 1. The van der Waals surface area contributed by atoms with Crippen LogP contribution in [0.25, 0.3) is 20.2 Å². The van der Waals surface area contributed by atoms with Crippen LogP contribution in [0.15, 0.2) is 28.7 Å². The number of phenolic OH excluding ortho intramolecular Hbond substituents is 1. The standard InChI is InChI=1S/C14H5BrF6OS/c15-5-1-2-6-7-4-8(13(16,17)18)11(22)10(14(19,20)21)12(7)23-9(6)3-5/h1-4,22H. The average molecular weight is 415 g/mol. The van der Waals surface area contributed by atoms with Crippen molar-refractivity contribution < 1.29 is 31.4 Å². The number of fused-ring (bicyclic) bond motifs is 3. The number of alkyl halides is 6. The van der Waals surface area contributed by atoms with Gasteiger partial charge < -0.3 is 5.11 Å². The van der Waals surface area contributed by atoms with Crippen molar-refractivity contribution in [2.45, 2.75) is 12.4 Å². The molecule has 0 spiro atoms. The summed E-state index contributed by atoms with van der Waals surface area (Å²) < 4.78 is 79.2. The van der Waals surface area contributed by atoms with E-state index in [-0.39, 0.29) is 10.8 Å². The Kier molecular flexibility index (Phi) is 3.57. The van der Waals surface area contributed by atoms with Crippen molar-refractivity contribution in [1.82, 2.24) is 0 Å². The van der Waals surface area contributed by atoms with E-state index < -0.39 is 33.9 Å². The minimum Gasteiger partial charge on any atom is -0.507 e. The minimum atomic E-state index is -5.11. The minimum absolute atomic E-state index is 0.185. The molecule has 0 saturated heterocycles. The summed E-state index contributed by atoms with van der Waals surface area (Å²) in [5.74, 6) is -1.79. The van der Waals surface area contributed by atoms with Gasteiger partial charge in [-0.25, -0.2) is 0 Å². The first-order chi connectivity index (χ1) is 10.5. The third kappa shape index (κ3) is 2.65. The van der Waals surface area contributed by atoms with Gasteiger partial charge in [0.2, 0.25) is 0 Å². The van der Waals surface area contributed by atoms with Crippen LogP contribution in [-0.4, -0.2) is 5.11 Å². The molecule has 0 bridgehead atoms. The molecule has 0 amide bonds. The summed E-state index contributed by atoms with van der Waals surface area (Å²) >= 11 is 3.85. The summed E-state index contributed by atoms with van der Waals surface area (Å²) in [6.07, 6.45) is -10.2. The Morgan fingerprint density at radius 2 is 1.57 bits per heavy atom. The maximum atomic E-state index is 13.2. The predicted octanol–water partition coefficient (Wildman–Crippen LogP) is 6.56. The molecule has 122 valence electrons. The fourth-order valence-corrected chi connectivity index (χ4v) is 4.15. The SMILES string of the molecule is Oc1c(C(F)(F)F)cc2c(sc3cc(Br)ccc32)c1C(F)(F)F. The van der Waals surface area contributed by atoms with Crippen molar-refractivity contribution in [3.8, 4) is 5.75 Å². The third-order valence-corrected chi connectivity index (χ3v) is 4.97. The normalized spacial score (nSPS) is 13.2. The molecular weight excluding hydrogens is 410 g/mol. The molecule has 9 heteroatoms. The second-order valence-corrected chi connectivity index (χ2v) is 6.73. The molecule has 0 aliphatic rings. The summed E-state index contributed by atoms with van der Waals surface area (Å²) in [7, 11) is 0. The van der Waals surface area contributed by atoms with Crippen LogP contribution >= 0.6 is 27.3 Å². The topological polar surface area (TPSA) is 20.2 Å². The Morgan fingerprint density at radius 3 is 2.13 bits per heavy atom. The lowest BCUT2D eigenvalue weighted by Gasteiger charge is -2.15. The van der Waals surface area contributed by atoms with Gasteiger partial charge in [-0.15, -0.1) is 11.3 Å². The van der Waals surface area contributed by atoms with Crippen molar-refractivity contribution in [2.75, 3.05) is 0 Å². The van der Waals surface area contributed by atoms with Crippen LogP contribution in [-0.2, 0) is 12.4 Å². The first-order valence-electron chi connectivity index (χ1n) is 6.02. The maximum Gasteiger partial charge on any atom is 0.421 e. The number of benzene rings is 2. The third-order valence-electron chi connectivity index (χ3n) is 3.29. The lowest BCUT2D eigenvalue weighted by molar-refractivity contribution is -0.144. The number of thiophene rings is 1. The maximum absolute atomic E-state index is 13.2. The molecule has 0 fully saturated rings. The first-order valence-corrected chi connectivity index (χ1v) is 7.63. The zero-order chi connectivity index (χ0) is 17.2. The van der Waals surface area contributed by atoms with Crippen LogP contribution in [0.3, 0.4) is 0 Å². The van der Waals surface area contributed by atoms with Crippen LogP contribution < -0.4 is 0 Å². The first kappa shape index (κ1) is 16.4. The Balaban J connectivity index is 2.55. The van der Waals surface area contributed by atoms with Crippen molar-refractivity contribution in [3.63, 3.8) is 0 Å². The molecule has 0 unspecified atom stereocenters. The van der Waals surface area contributed by atoms with E-state index in [1.54, 1.807) is 0 Å². The highest BCUT2D eigenvalue weighted by atomic mass is 79.9. The van der Waals surface area contributed by atoms with E-state index >= 15 is 0 Å². The number of hydrogen-bond acceptors (Lipinski definition) is 2. The van der Waals surface area contributed by atoms with Crippen LogP contribution in [0.2, 0.25) is 0 Å². The Hall–Kier alpha value is -1.48. The predicted molar refractivity (Wildman–Crippen MR) is 78.7 cm³/mol. The van der Waals surface area contributed by atoms with E-state index in [0.717, 1.165) is 0 Å². The molecule has 1 N–H and O–H groups in total. The Labute approximate surface area is 137 Å². The molecule has 0 radical (unpaired) electrons. The molecular formula is C14H5BrF6OS. The summed E-state index contributed by atoms with van der Waals surface area (Å²) in [6, 6.07) is 5.05. The van der Waals surface area contributed by atoms with Gasteiger partial charge in [0.05, 0.1) is 10.3 Å². The molecule has 0 aliphatic carbocycles. The summed E-state index contributed by atoms with van der Waals surface area (Å²) in [4.78, 5) is 0. The lowest BCUT2D eigenvalue weighted by Crippen LogP contribution is -2.11. The quantitative estimate of drug-likeness (QED) is 0.413. The number of halogens is 7. The van der Waals surface area contributed by atoms with Crippen LogP contribution in [0, 0.1) is 0 Å². The van der Waals surface area contributed by atoms with E-state index in [0.29, 0.717) is 26.6 Å². The van der Waals surface area contributed by atoms with Crippen molar-refractivity contribution >= 4 is 47.4 Å². The van der Waals surface area contributed by atoms with Gasteiger partial charge in [0.25, 0.3) is 0 Å². The molecule has 0 atom stereocenters. The molecule has 3 aromatic rings. The second-order valence-electron chi connectivity index (χ2n) is 4.76. The van der Waals surface area contributed by atoms with E-state index in [2.05, 4.69) is 15.9 Å². The Bertz CT molecular complexity index is 925. The fourth-order valence-electron chi connectivity index (χ4n) is 2.35. The molecule has 1 heterocycles. The molecule has 23 heavy (non-hydrogen) atoms. The van der Waals surface area contributed by atoms with E-state index in [9.17, 15) is 31.4 Å². The van der Waals surface area contributed by atoms with Gasteiger partial charge in [0.1, 0.15) is 11.3 Å². The van der Waals surface area contributed by atoms with Gasteiger partial charge >= 0.3 is 12.4 Å². The molecule has 2 aromatic carbocycles. The van der Waals surface area contributed by atoms with Crippen molar-refractivity contribution in [1.29, 1.82) is 0 Å². The monoisotopic (exact) mass is 414 g/mol. The van der Waals surface area contributed by atoms with E-state index in [1.165, 1.54) is 18.2 Å². The highest BCUT2D eigenvalue weighted by molar-refractivity contribution is 9.10. The molecule has 0 aliphatic heterocycles. The highest BCUT2D eigenvalue weighted by Gasteiger charge is 2.43.